The Bertz CT molecular complexity index is 442. The summed E-state index contributed by atoms with van der Waals surface area (Å²) in [6.07, 6.45) is 0.138. The quantitative estimate of drug-likeness (QED) is 0.744. The minimum absolute atomic E-state index is 0.138. The van der Waals surface area contributed by atoms with Crippen molar-refractivity contribution in [2.45, 2.75) is 25.9 Å². The van der Waals surface area contributed by atoms with Crippen molar-refractivity contribution in [1.82, 2.24) is 0 Å². The Labute approximate surface area is 103 Å². The zero-order valence-corrected chi connectivity index (χ0v) is 11.0. The van der Waals surface area contributed by atoms with E-state index in [9.17, 15) is 4.79 Å². The number of carbonyl (C=O) groups is 1. The third-order valence-corrected chi connectivity index (χ3v) is 3.58. The lowest BCUT2D eigenvalue weighted by atomic mass is 9.97. The molecule has 0 amide bonds. The van der Waals surface area contributed by atoms with Gasteiger partial charge in [-0.05, 0) is 35.0 Å². The molecule has 1 aliphatic rings. The first kappa shape index (κ1) is 11.5. The van der Waals surface area contributed by atoms with E-state index in [1.54, 1.807) is 6.07 Å². The Hall–Kier alpha value is -1.03. The van der Waals surface area contributed by atoms with Gasteiger partial charge in [-0.25, -0.2) is 4.79 Å². The van der Waals surface area contributed by atoms with Crippen molar-refractivity contribution >= 4 is 21.9 Å². The minimum atomic E-state index is -0.324. The van der Waals surface area contributed by atoms with E-state index in [0.717, 1.165) is 15.8 Å². The van der Waals surface area contributed by atoms with Crippen molar-refractivity contribution in [2.24, 2.45) is 0 Å². The van der Waals surface area contributed by atoms with Crippen molar-refractivity contribution < 1.29 is 14.3 Å². The molecule has 16 heavy (non-hydrogen) atoms. The van der Waals surface area contributed by atoms with Gasteiger partial charge >= 0.3 is 5.97 Å². The summed E-state index contributed by atoms with van der Waals surface area (Å²) in [5.41, 5.74) is 1.61. The molecule has 3 nitrogen and oxygen atoms in total. The monoisotopic (exact) mass is 284 g/mol. The van der Waals surface area contributed by atoms with E-state index in [-0.39, 0.29) is 18.0 Å². The van der Waals surface area contributed by atoms with Crippen LogP contribution in [0.4, 0.5) is 0 Å². The van der Waals surface area contributed by atoms with Crippen molar-refractivity contribution in [3.05, 3.63) is 27.7 Å². The third kappa shape index (κ3) is 1.71. The molecule has 0 aromatic heterocycles. The maximum atomic E-state index is 11.5. The number of rotatable bonds is 1. The van der Waals surface area contributed by atoms with Gasteiger partial charge in [-0.15, -0.1) is 0 Å². The molecule has 1 heterocycles. The Kier molecular flexibility index (Phi) is 2.93. The Morgan fingerprint density at radius 2 is 2.12 bits per heavy atom. The van der Waals surface area contributed by atoms with Crippen LogP contribution >= 0.6 is 15.9 Å². The standard InChI is InChI=1S/C12H13BrO3/c1-6-7(2)16-11-9(6)4-8(5-10(11)13)12(14)15-3/h4-7H,1-3H3. The number of carbonyl (C=O) groups excluding carboxylic acids is 1. The average molecular weight is 285 g/mol. The van der Waals surface area contributed by atoms with E-state index in [1.807, 2.05) is 13.0 Å². The van der Waals surface area contributed by atoms with Gasteiger partial charge < -0.3 is 9.47 Å². The van der Waals surface area contributed by atoms with Gasteiger partial charge in [-0.2, -0.15) is 0 Å². The lowest BCUT2D eigenvalue weighted by Gasteiger charge is -2.07. The summed E-state index contributed by atoms with van der Waals surface area (Å²) in [4.78, 5) is 11.5. The normalized spacial score (nSPS) is 22.5. The number of halogens is 1. The molecule has 0 fully saturated rings. The third-order valence-electron chi connectivity index (χ3n) is 2.99. The zero-order chi connectivity index (χ0) is 11.9. The fraction of sp³-hybridized carbons (Fsp3) is 0.417. The van der Waals surface area contributed by atoms with E-state index in [0.29, 0.717) is 5.56 Å². The minimum Gasteiger partial charge on any atom is -0.489 e. The van der Waals surface area contributed by atoms with Crippen LogP contribution in [0.2, 0.25) is 0 Å². The number of fused-ring (bicyclic) bond motifs is 1. The van der Waals surface area contributed by atoms with E-state index < -0.39 is 0 Å². The Morgan fingerprint density at radius 3 is 2.75 bits per heavy atom. The molecule has 0 spiro atoms. The number of methoxy groups -OCH3 is 1. The molecule has 4 heteroatoms. The molecule has 2 unspecified atom stereocenters. The second-order valence-electron chi connectivity index (χ2n) is 3.98. The number of ether oxygens (including phenoxy) is 2. The van der Waals surface area contributed by atoms with Crippen LogP contribution in [0.3, 0.4) is 0 Å². The number of esters is 1. The summed E-state index contributed by atoms with van der Waals surface area (Å²) in [5, 5.41) is 0. The van der Waals surface area contributed by atoms with Crippen LogP contribution in [0.5, 0.6) is 5.75 Å². The summed E-state index contributed by atoms with van der Waals surface area (Å²) in [7, 11) is 1.38. The smallest absolute Gasteiger partial charge is 0.337 e. The van der Waals surface area contributed by atoms with Gasteiger partial charge in [0.05, 0.1) is 17.1 Å². The van der Waals surface area contributed by atoms with Gasteiger partial charge in [0.25, 0.3) is 0 Å². The molecule has 1 aliphatic heterocycles. The van der Waals surface area contributed by atoms with Crippen LogP contribution in [0.1, 0.15) is 35.7 Å². The molecule has 2 rings (SSSR count). The molecule has 0 saturated carbocycles. The highest BCUT2D eigenvalue weighted by Crippen LogP contribution is 2.43. The van der Waals surface area contributed by atoms with Crippen molar-refractivity contribution in [1.29, 1.82) is 0 Å². The van der Waals surface area contributed by atoms with Crippen LogP contribution in [0.15, 0.2) is 16.6 Å². The number of benzene rings is 1. The molecule has 0 N–H and O–H groups in total. The van der Waals surface area contributed by atoms with E-state index in [1.165, 1.54) is 7.11 Å². The summed E-state index contributed by atoms with van der Waals surface area (Å²) in [6, 6.07) is 3.58. The summed E-state index contributed by atoms with van der Waals surface area (Å²) >= 11 is 3.42. The first-order valence-corrected chi connectivity index (χ1v) is 5.92. The zero-order valence-electron chi connectivity index (χ0n) is 9.41. The van der Waals surface area contributed by atoms with Crippen LogP contribution in [-0.2, 0) is 4.74 Å². The highest BCUT2D eigenvalue weighted by atomic mass is 79.9. The van der Waals surface area contributed by atoms with Gasteiger partial charge in [0, 0.05) is 11.5 Å². The van der Waals surface area contributed by atoms with Gasteiger partial charge in [0.1, 0.15) is 11.9 Å². The largest absolute Gasteiger partial charge is 0.489 e. The summed E-state index contributed by atoms with van der Waals surface area (Å²) in [5.74, 6) is 0.804. The molecule has 0 radical (unpaired) electrons. The van der Waals surface area contributed by atoms with E-state index in [4.69, 9.17) is 9.47 Å². The predicted molar refractivity (Wildman–Crippen MR) is 64.0 cm³/mol. The number of hydrogen-bond acceptors (Lipinski definition) is 3. The van der Waals surface area contributed by atoms with Gasteiger partial charge in [0.15, 0.2) is 0 Å². The van der Waals surface area contributed by atoms with E-state index in [2.05, 4.69) is 22.9 Å². The Balaban J connectivity index is 2.50. The lowest BCUT2D eigenvalue weighted by molar-refractivity contribution is 0.0600. The van der Waals surface area contributed by atoms with Crippen molar-refractivity contribution in [3.63, 3.8) is 0 Å². The predicted octanol–water partition coefficient (Wildman–Crippen LogP) is 3.12. The maximum absolute atomic E-state index is 11.5. The highest BCUT2D eigenvalue weighted by Gasteiger charge is 2.30. The molecule has 1 aromatic carbocycles. The molecular formula is C12H13BrO3. The van der Waals surface area contributed by atoms with Crippen LogP contribution < -0.4 is 4.74 Å². The van der Waals surface area contributed by atoms with Crippen LogP contribution in [0.25, 0.3) is 0 Å². The first-order valence-electron chi connectivity index (χ1n) is 5.13. The van der Waals surface area contributed by atoms with Crippen LogP contribution in [0, 0.1) is 0 Å². The van der Waals surface area contributed by atoms with Crippen molar-refractivity contribution in [3.8, 4) is 5.75 Å². The first-order chi connectivity index (χ1) is 7.54. The van der Waals surface area contributed by atoms with Crippen molar-refractivity contribution in [2.75, 3.05) is 7.11 Å². The lowest BCUT2D eigenvalue weighted by Crippen LogP contribution is -2.10. The molecule has 0 bridgehead atoms. The van der Waals surface area contributed by atoms with Gasteiger partial charge in [-0.1, -0.05) is 6.92 Å². The highest BCUT2D eigenvalue weighted by molar-refractivity contribution is 9.10. The molecule has 0 saturated heterocycles. The van der Waals surface area contributed by atoms with Gasteiger partial charge in [0.2, 0.25) is 0 Å². The molecule has 86 valence electrons. The second-order valence-corrected chi connectivity index (χ2v) is 4.83. The maximum Gasteiger partial charge on any atom is 0.337 e. The van der Waals surface area contributed by atoms with Crippen LogP contribution in [-0.4, -0.2) is 19.2 Å². The summed E-state index contributed by atoms with van der Waals surface area (Å²) in [6.45, 7) is 4.11. The molecule has 1 aromatic rings. The SMILES string of the molecule is COC(=O)c1cc(Br)c2c(c1)C(C)C(C)O2. The second kappa shape index (κ2) is 4.09. The fourth-order valence-electron chi connectivity index (χ4n) is 1.85. The number of hydrogen-bond donors (Lipinski definition) is 0. The molecule has 2 atom stereocenters. The van der Waals surface area contributed by atoms with E-state index >= 15 is 0 Å². The summed E-state index contributed by atoms with van der Waals surface area (Å²) < 4.78 is 11.2. The topological polar surface area (TPSA) is 35.5 Å². The van der Waals surface area contributed by atoms with Gasteiger partial charge in [-0.3, -0.25) is 0 Å². The average Bonchev–Trinajstić information content (AvgIpc) is 2.56. The Morgan fingerprint density at radius 1 is 1.44 bits per heavy atom. The molecular weight excluding hydrogens is 272 g/mol. The fourth-order valence-corrected chi connectivity index (χ4v) is 2.42. The molecule has 0 aliphatic carbocycles.